The Bertz CT molecular complexity index is 282. The molecule has 0 rings (SSSR count). The molecule has 0 aliphatic heterocycles. The van der Waals surface area contributed by atoms with Gasteiger partial charge in [0.15, 0.2) is 0 Å². The number of nitrogens with zero attached hydrogens (tertiary/aromatic N) is 1. The third kappa shape index (κ3) is 5.67. The lowest BCUT2D eigenvalue weighted by Gasteiger charge is -2.17. The predicted molar refractivity (Wildman–Crippen MR) is 58.4 cm³/mol. The van der Waals surface area contributed by atoms with E-state index in [1.165, 1.54) is 11.0 Å². The molecule has 0 saturated carbocycles. The van der Waals surface area contributed by atoms with Crippen LogP contribution in [-0.4, -0.2) is 35.5 Å². The highest BCUT2D eigenvalue weighted by atomic mass is 16.4. The Morgan fingerprint density at radius 3 is 2.47 bits per heavy atom. The first kappa shape index (κ1) is 13.4. The first-order valence-corrected chi connectivity index (χ1v) is 4.76. The summed E-state index contributed by atoms with van der Waals surface area (Å²) in [6.07, 6.45) is 6.59. The summed E-state index contributed by atoms with van der Waals surface area (Å²) >= 11 is 0. The van der Waals surface area contributed by atoms with Crippen molar-refractivity contribution in [1.29, 1.82) is 0 Å². The van der Waals surface area contributed by atoms with Crippen molar-refractivity contribution in [2.45, 2.75) is 13.8 Å². The second-order valence-corrected chi connectivity index (χ2v) is 3.34. The lowest BCUT2D eigenvalue weighted by molar-refractivity contribution is -0.142. The first-order chi connectivity index (χ1) is 6.99. The van der Waals surface area contributed by atoms with E-state index in [-0.39, 0.29) is 12.5 Å². The van der Waals surface area contributed by atoms with Gasteiger partial charge in [0.2, 0.25) is 5.91 Å². The van der Waals surface area contributed by atoms with Gasteiger partial charge in [-0.15, -0.1) is 0 Å². The SMILES string of the molecule is CC=CC=CC(=O)N(C)CC(C)C(=O)O. The molecule has 0 aromatic heterocycles. The molecule has 4 nitrogen and oxygen atoms in total. The van der Waals surface area contributed by atoms with Crippen LogP contribution in [0.15, 0.2) is 24.3 Å². The van der Waals surface area contributed by atoms with E-state index >= 15 is 0 Å². The fraction of sp³-hybridized carbons (Fsp3) is 0.455. The van der Waals surface area contributed by atoms with Crippen molar-refractivity contribution >= 4 is 11.9 Å². The van der Waals surface area contributed by atoms with Crippen molar-refractivity contribution in [2.24, 2.45) is 5.92 Å². The average molecular weight is 211 g/mol. The Kier molecular flexibility index (Phi) is 6.09. The molecule has 0 aromatic carbocycles. The monoisotopic (exact) mass is 211 g/mol. The van der Waals surface area contributed by atoms with E-state index in [0.29, 0.717) is 0 Å². The van der Waals surface area contributed by atoms with E-state index in [9.17, 15) is 9.59 Å². The van der Waals surface area contributed by atoms with Crippen LogP contribution < -0.4 is 0 Å². The molecule has 0 saturated heterocycles. The topological polar surface area (TPSA) is 57.6 Å². The van der Waals surface area contributed by atoms with Crippen molar-refractivity contribution in [3.63, 3.8) is 0 Å². The number of rotatable bonds is 5. The third-order valence-corrected chi connectivity index (χ3v) is 1.89. The highest BCUT2D eigenvalue weighted by Crippen LogP contribution is 1.99. The molecular formula is C11H17NO3. The van der Waals surface area contributed by atoms with Gasteiger partial charge >= 0.3 is 5.97 Å². The minimum absolute atomic E-state index is 0.193. The minimum atomic E-state index is -0.896. The molecule has 0 aromatic rings. The van der Waals surface area contributed by atoms with Gasteiger partial charge < -0.3 is 10.0 Å². The fourth-order valence-electron chi connectivity index (χ4n) is 0.955. The van der Waals surface area contributed by atoms with Crippen LogP contribution in [0.25, 0.3) is 0 Å². The van der Waals surface area contributed by atoms with Gasteiger partial charge in [0.05, 0.1) is 5.92 Å². The number of amides is 1. The quantitative estimate of drug-likeness (QED) is 0.550. The molecule has 1 N–H and O–H groups in total. The Hall–Kier alpha value is -1.58. The molecule has 4 heteroatoms. The van der Waals surface area contributed by atoms with Crippen LogP contribution in [0.3, 0.4) is 0 Å². The molecular weight excluding hydrogens is 194 g/mol. The normalized spacial score (nSPS) is 13.3. The van der Waals surface area contributed by atoms with Crippen LogP contribution in [0.5, 0.6) is 0 Å². The Balaban J connectivity index is 4.15. The van der Waals surface area contributed by atoms with Crippen LogP contribution in [0.1, 0.15) is 13.8 Å². The van der Waals surface area contributed by atoms with E-state index < -0.39 is 11.9 Å². The molecule has 0 spiro atoms. The number of hydrogen-bond acceptors (Lipinski definition) is 2. The summed E-state index contributed by atoms with van der Waals surface area (Å²) in [6, 6.07) is 0. The average Bonchev–Trinajstić information content (AvgIpc) is 2.17. The molecule has 0 aliphatic rings. The summed E-state index contributed by atoms with van der Waals surface area (Å²) in [4.78, 5) is 23.3. The molecule has 1 atom stereocenters. The van der Waals surface area contributed by atoms with E-state index in [1.807, 2.05) is 13.0 Å². The maximum absolute atomic E-state index is 11.4. The van der Waals surface area contributed by atoms with Crippen LogP contribution in [-0.2, 0) is 9.59 Å². The lowest BCUT2D eigenvalue weighted by Crippen LogP contribution is -2.32. The summed E-state index contributed by atoms with van der Waals surface area (Å²) < 4.78 is 0. The van der Waals surface area contributed by atoms with Crippen LogP contribution in [0, 0.1) is 5.92 Å². The van der Waals surface area contributed by atoms with E-state index in [2.05, 4.69) is 0 Å². The Morgan fingerprint density at radius 1 is 1.40 bits per heavy atom. The van der Waals surface area contributed by atoms with Gasteiger partial charge in [-0.2, -0.15) is 0 Å². The Morgan fingerprint density at radius 2 is 2.00 bits per heavy atom. The molecule has 0 fully saturated rings. The van der Waals surface area contributed by atoms with Crippen molar-refractivity contribution in [1.82, 2.24) is 4.90 Å². The van der Waals surface area contributed by atoms with Gasteiger partial charge in [-0.1, -0.05) is 25.2 Å². The lowest BCUT2D eigenvalue weighted by atomic mass is 10.2. The zero-order valence-corrected chi connectivity index (χ0v) is 9.30. The standard InChI is InChI=1S/C11H17NO3/c1-4-5-6-7-10(13)12(3)8-9(2)11(14)15/h4-7,9H,8H2,1-3H3,(H,14,15). The fourth-order valence-corrected chi connectivity index (χ4v) is 0.955. The number of aliphatic carboxylic acids is 1. The summed E-state index contributed by atoms with van der Waals surface area (Å²) in [5.41, 5.74) is 0. The molecule has 1 unspecified atom stereocenters. The molecule has 0 bridgehead atoms. The van der Waals surface area contributed by atoms with Gasteiger partial charge in [0, 0.05) is 19.7 Å². The number of carbonyl (C=O) groups is 2. The van der Waals surface area contributed by atoms with Crippen LogP contribution in [0.4, 0.5) is 0 Å². The van der Waals surface area contributed by atoms with Gasteiger partial charge in [0.25, 0.3) is 0 Å². The van der Waals surface area contributed by atoms with Crippen molar-refractivity contribution in [2.75, 3.05) is 13.6 Å². The predicted octanol–water partition coefficient (Wildman–Crippen LogP) is 1.30. The number of hydrogen-bond donors (Lipinski definition) is 1. The number of carboxylic acids is 1. The summed E-state index contributed by atoms with van der Waals surface area (Å²) in [7, 11) is 1.59. The van der Waals surface area contributed by atoms with Gasteiger partial charge in [0.1, 0.15) is 0 Å². The van der Waals surface area contributed by atoms with Gasteiger partial charge in [-0.25, -0.2) is 0 Å². The van der Waals surface area contributed by atoms with E-state index in [1.54, 1.807) is 26.1 Å². The number of carbonyl (C=O) groups excluding carboxylic acids is 1. The molecule has 0 radical (unpaired) electrons. The number of carboxylic acid groups (broad SMARTS) is 1. The summed E-state index contributed by atoms with van der Waals surface area (Å²) in [5.74, 6) is -1.64. The zero-order valence-electron chi connectivity index (χ0n) is 9.30. The molecule has 0 aliphatic carbocycles. The minimum Gasteiger partial charge on any atom is -0.481 e. The summed E-state index contributed by atoms with van der Waals surface area (Å²) in [5, 5.41) is 8.66. The van der Waals surface area contributed by atoms with E-state index in [4.69, 9.17) is 5.11 Å². The highest BCUT2D eigenvalue weighted by molar-refractivity contribution is 5.88. The highest BCUT2D eigenvalue weighted by Gasteiger charge is 2.15. The molecule has 15 heavy (non-hydrogen) atoms. The largest absolute Gasteiger partial charge is 0.481 e. The Labute approximate surface area is 89.9 Å². The summed E-state index contributed by atoms with van der Waals surface area (Å²) in [6.45, 7) is 3.64. The second-order valence-electron chi connectivity index (χ2n) is 3.34. The number of allylic oxidation sites excluding steroid dienone is 3. The maximum Gasteiger partial charge on any atom is 0.308 e. The third-order valence-electron chi connectivity index (χ3n) is 1.89. The zero-order chi connectivity index (χ0) is 11.8. The van der Waals surface area contributed by atoms with E-state index in [0.717, 1.165) is 0 Å². The van der Waals surface area contributed by atoms with Gasteiger partial charge in [-0.05, 0) is 6.92 Å². The van der Waals surface area contributed by atoms with Crippen molar-refractivity contribution in [3.05, 3.63) is 24.3 Å². The first-order valence-electron chi connectivity index (χ1n) is 4.76. The van der Waals surface area contributed by atoms with Crippen LogP contribution in [0.2, 0.25) is 0 Å². The van der Waals surface area contributed by atoms with Gasteiger partial charge in [-0.3, -0.25) is 9.59 Å². The molecule has 1 amide bonds. The molecule has 0 heterocycles. The smallest absolute Gasteiger partial charge is 0.308 e. The van der Waals surface area contributed by atoms with Crippen molar-refractivity contribution in [3.8, 4) is 0 Å². The number of likely N-dealkylation sites (N-methyl/N-ethyl adjacent to an activating group) is 1. The molecule has 84 valence electrons. The second kappa shape index (κ2) is 6.81. The maximum atomic E-state index is 11.4. The van der Waals surface area contributed by atoms with Crippen molar-refractivity contribution < 1.29 is 14.7 Å². The van der Waals surface area contributed by atoms with Crippen LogP contribution >= 0.6 is 0 Å².